The lowest BCUT2D eigenvalue weighted by Crippen LogP contribution is -2.06. The number of hydrogen-bond donors (Lipinski definition) is 1. The lowest BCUT2D eigenvalue weighted by molar-refractivity contribution is 0.201. The molecule has 86 valence electrons. The molecular weight excluding hydrogens is 217 g/mol. The predicted molar refractivity (Wildman–Crippen MR) is 53.2 cm³/mol. The summed E-state index contributed by atoms with van der Waals surface area (Å²) in [4.78, 5) is 0. The van der Waals surface area contributed by atoms with Crippen molar-refractivity contribution in [1.29, 1.82) is 0 Å². The monoisotopic (exact) mass is 228 g/mol. The molecule has 0 saturated carbocycles. The minimum Gasteiger partial charge on any atom is -0.384 e. The summed E-state index contributed by atoms with van der Waals surface area (Å²) in [6, 6.07) is 1.16. The van der Waals surface area contributed by atoms with Crippen LogP contribution >= 0.6 is 0 Å². The Kier molecular flexibility index (Phi) is 3.01. The van der Waals surface area contributed by atoms with Gasteiger partial charge in [-0.25, -0.2) is 13.2 Å². The largest absolute Gasteiger partial charge is 0.384 e. The molecule has 1 unspecified atom stereocenters. The van der Waals surface area contributed by atoms with Crippen LogP contribution in [0.5, 0.6) is 0 Å². The van der Waals surface area contributed by atoms with Gasteiger partial charge >= 0.3 is 0 Å². The lowest BCUT2D eigenvalue weighted by Gasteiger charge is -2.14. The summed E-state index contributed by atoms with van der Waals surface area (Å²) >= 11 is 0. The lowest BCUT2D eigenvalue weighted by atomic mass is 10.00. The molecular formula is C12H11F3O. The Balaban J connectivity index is 2.39. The van der Waals surface area contributed by atoms with Crippen LogP contribution in [0.15, 0.2) is 23.8 Å². The van der Waals surface area contributed by atoms with Crippen LogP contribution in [-0.2, 0) is 0 Å². The molecule has 2 rings (SSSR count). The van der Waals surface area contributed by atoms with Crippen molar-refractivity contribution in [3.05, 3.63) is 46.8 Å². The van der Waals surface area contributed by atoms with Gasteiger partial charge in [0.25, 0.3) is 0 Å². The summed E-state index contributed by atoms with van der Waals surface area (Å²) in [5.41, 5.74) is 0.138. The molecule has 1 aliphatic rings. The average molecular weight is 228 g/mol. The third kappa shape index (κ3) is 1.97. The molecule has 0 heterocycles. The van der Waals surface area contributed by atoms with Crippen LogP contribution < -0.4 is 0 Å². The van der Waals surface area contributed by atoms with E-state index < -0.39 is 29.1 Å². The standard InChI is InChI=1S/C12H11F3O/c13-8-5-9(14)11(10(15)6-8)12(16)7-3-1-2-4-7/h3,5-6,12,16H,1-2,4H2. The van der Waals surface area contributed by atoms with Crippen LogP contribution in [0.4, 0.5) is 13.2 Å². The van der Waals surface area contributed by atoms with E-state index in [2.05, 4.69) is 0 Å². The Morgan fingerprint density at radius 2 is 1.75 bits per heavy atom. The molecule has 16 heavy (non-hydrogen) atoms. The molecule has 0 bridgehead atoms. The smallest absolute Gasteiger partial charge is 0.135 e. The molecule has 1 N–H and O–H groups in total. The molecule has 0 saturated heterocycles. The second-order valence-electron chi connectivity index (χ2n) is 3.86. The molecule has 0 spiro atoms. The maximum absolute atomic E-state index is 13.3. The first kappa shape index (κ1) is 11.2. The van der Waals surface area contributed by atoms with E-state index in [1.54, 1.807) is 6.08 Å². The van der Waals surface area contributed by atoms with E-state index in [-0.39, 0.29) is 0 Å². The molecule has 1 aromatic carbocycles. The van der Waals surface area contributed by atoms with Gasteiger partial charge in [0.2, 0.25) is 0 Å². The van der Waals surface area contributed by atoms with Crippen LogP contribution in [0.3, 0.4) is 0 Å². The second-order valence-corrected chi connectivity index (χ2v) is 3.86. The average Bonchev–Trinajstić information content (AvgIpc) is 2.67. The topological polar surface area (TPSA) is 20.2 Å². The fraction of sp³-hybridized carbons (Fsp3) is 0.333. The Morgan fingerprint density at radius 3 is 2.25 bits per heavy atom. The molecule has 0 aliphatic heterocycles. The Labute approximate surface area is 91.2 Å². The highest BCUT2D eigenvalue weighted by atomic mass is 19.1. The zero-order chi connectivity index (χ0) is 11.7. The fourth-order valence-corrected chi connectivity index (χ4v) is 1.94. The summed E-state index contributed by atoms with van der Waals surface area (Å²) < 4.78 is 39.4. The molecule has 1 aromatic rings. The van der Waals surface area contributed by atoms with Crippen molar-refractivity contribution >= 4 is 0 Å². The van der Waals surface area contributed by atoms with Gasteiger partial charge in [0, 0.05) is 12.1 Å². The van der Waals surface area contributed by atoms with E-state index in [1.165, 1.54) is 0 Å². The molecule has 4 heteroatoms. The van der Waals surface area contributed by atoms with E-state index in [4.69, 9.17) is 0 Å². The molecule has 0 aromatic heterocycles. The van der Waals surface area contributed by atoms with Crippen LogP contribution in [-0.4, -0.2) is 5.11 Å². The maximum Gasteiger partial charge on any atom is 0.135 e. The molecule has 0 amide bonds. The van der Waals surface area contributed by atoms with Gasteiger partial charge in [-0.1, -0.05) is 6.08 Å². The minimum atomic E-state index is -1.30. The van der Waals surface area contributed by atoms with Gasteiger partial charge in [-0.15, -0.1) is 0 Å². The van der Waals surface area contributed by atoms with Gasteiger partial charge in [0.15, 0.2) is 0 Å². The number of rotatable bonds is 2. The van der Waals surface area contributed by atoms with E-state index in [0.29, 0.717) is 24.1 Å². The van der Waals surface area contributed by atoms with Gasteiger partial charge in [-0.2, -0.15) is 0 Å². The first-order valence-electron chi connectivity index (χ1n) is 5.11. The van der Waals surface area contributed by atoms with E-state index in [1.807, 2.05) is 0 Å². The van der Waals surface area contributed by atoms with Crippen molar-refractivity contribution in [2.45, 2.75) is 25.4 Å². The highest BCUT2D eigenvalue weighted by Gasteiger charge is 2.23. The number of aliphatic hydroxyl groups excluding tert-OH is 1. The van der Waals surface area contributed by atoms with Crippen LogP contribution in [0, 0.1) is 17.5 Å². The SMILES string of the molecule is OC(C1=CCCC1)c1c(F)cc(F)cc1F. The molecule has 0 radical (unpaired) electrons. The van der Waals surface area contributed by atoms with Gasteiger partial charge in [-0.3, -0.25) is 0 Å². The van der Waals surface area contributed by atoms with Crippen LogP contribution in [0.1, 0.15) is 30.9 Å². The molecule has 1 aliphatic carbocycles. The van der Waals surface area contributed by atoms with Crippen molar-refractivity contribution in [3.8, 4) is 0 Å². The minimum absolute atomic E-state index is 0.463. The number of allylic oxidation sites excluding steroid dienone is 1. The van der Waals surface area contributed by atoms with Crippen molar-refractivity contribution in [2.75, 3.05) is 0 Å². The van der Waals surface area contributed by atoms with Gasteiger partial charge in [0.05, 0.1) is 5.56 Å². The zero-order valence-corrected chi connectivity index (χ0v) is 8.51. The summed E-state index contributed by atoms with van der Waals surface area (Å²) in [7, 11) is 0. The number of hydrogen-bond acceptors (Lipinski definition) is 1. The molecule has 1 nitrogen and oxygen atoms in total. The third-order valence-electron chi connectivity index (χ3n) is 2.74. The number of benzene rings is 1. The molecule has 0 fully saturated rings. The van der Waals surface area contributed by atoms with Gasteiger partial charge < -0.3 is 5.11 Å². The first-order chi connectivity index (χ1) is 7.59. The van der Waals surface area contributed by atoms with E-state index in [9.17, 15) is 18.3 Å². The zero-order valence-electron chi connectivity index (χ0n) is 8.51. The van der Waals surface area contributed by atoms with Crippen molar-refractivity contribution in [2.24, 2.45) is 0 Å². The summed E-state index contributed by atoms with van der Waals surface area (Å²) in [5.74, 6) is -3.07. The summed E-state index contributed by atoms with van der Waals surface area (Å²) in [6.45, 7) is 0. The fourth-order valence-electron chi connectivity index (χ4n) is 1.94. The van der Waals surface area contributed by atoms with E-state index >= 15 is 0 Å². The number of halogens is 3. The van der Waals surface area contributed by atoms with Crippen LogP contribution in [0.25, 0.3) is 0 Å². The number of aliphatic hydroxyl groups is 1. The second kappa shape index (κ2) is 4.29. The third-order valence-corrected chi connectivity index (χ3v) is 2.74. The summed E-state index contributed by atoms with van der Waals surface area (Å²) in [6.07, 6.45) is 2.76. The normalized spacial score (nSPS) is 17.4. The van der Waals surface area contributed by atoms with Gasteiger partial charge in [0.1, 0.15) is 23.6 Å². The van der Waals surface area contributed by atoms with Crippen molar-refractivity contribution in [3.63, 3.8) is 0 Å². The highest BCUT2D eigenvalue weighted by molar-refractivity contribution is 5.30. The van der Waals surface area contributed by atoms with Crippen molar-refractivity contribution in [1.82, 2.24) is 0 Å². The predicted octanol–water partition coefficient (Wildman–Crippen LogP) is 3.25. The Morgan fingerprint density at radius 1 is 1.12 bits per heavy atom. The highest BCUT2D eigenvalue weighted by Crippen LogP contribution is 2.33. The Bertz CT molecular complexity index is 417. The van der Waals surface area contributed by atoms with E-state index in [0.717, 1.165) is 12.8 Å². The summed E-state index contributed by atoms with van der Waals surface area (Å²) in [5, 5.41) is 9.80. The van der Waals surface area contributed by atoms with Gasteiger partial charge in [-0.05, 0) is 24.8 Å². The van der Waals surface area contributed by atoms with Crippen LogP contribution in [0.2, 0.25) is 0 Å². The Hall–Kier alpha value is -1.29. The first-order valence-corrected chi connectivity index (χ1v) is 5.11. The quantitative estimate of drug-likeness (QED) is 0.770. The van der Waals surface area contributed by atoms with Crippen molar-refractivity contribution < 1.29 is 18.3 Å². The molecule has 1 atom stereocenters. The maximum atomic E-state index is 13.3.